The lowest BCUT2D eigenvalue weighted by Gasteiger charge is -2.28. The van der Waals surface area contributed by atoms with Crippen LogP contribution in [-0.4, -0.2) is 29.4 Å². The fourth-order valence-electron chi connectivity index (χ4n) is 2.55. The van der Waals surface area contributed by atoms with Crippen LogP contribution >= 0.6 is 12.6 Å². The van der Waals surface area contributed by atoms with E-state index >= 15 is 0 Å². The first kappa shape index (κ1) is 14.8. The van der Waals surface area contributed by atoms with Crippen molar-refractivity contribution < 1.29 is 9.90 Å². The van der Waals surface area contributed by atoms with Crippen LogP contribution in [0, 0.1) is 17.8 Å². The van der Waals surface area contributed by atoms with Crippen molar-refractivity contribution in [3.8, 4) is 0 Å². The molecule has 0 aromatic carbocycles. The standard InChI is InChI=1S/C13H25NO2S/c1-9(2)7-12(17)11(13(15)16)8-10-3-5-14-6-4-10/h9-12,14,17H,3-8H2,1-2H3,(H,15,16). The number of hydrogen-bond donors (Lipinski definition) is 3. The van der Waals surface area contributed by atoms with Gasteiger partial charge in [-0.1, -0.05) is 13.8 Å². The lowest BCUT2D eigenvalue weighted by molar-refractivity contribution is -0.142. The SMILES string of the molecule is CC(C)CC(S)C(CC1CCNCC1)C(=O)O. The van der Waals surface area contributed by atoms with Gasteiger partial charge in [-0.15, -0.1) is 0 Å². The first-order valence-electron chi connectivity index (χ1n) is 6.62. The first-order chi connectivity index (χ1) is 8.00. The van der Waals surface area contributed by atoms with Crippen LogP contribution in [0.3, 0.4) is 0 Å². The normalized spacial score (nSPS) is 21.4. The van der Waals surface area contributed by atoms with Crippen LogP contribution in [0.15, 0.2) is 0 Å². The number of nitrogens with one attached hydrogen (secondary N) is 1. The van der Waals surface area contributed by atoms with Gasteiger partial charge in [0.05, 0.1) is 5.92 Å². The molecule has 100 valence electrons. The van der Waals surface area contributed by atoms with Crippen LogP contribution in [0.5, 0.6) is 0 Å². The Bertz CT molecular complexity index is 240. The van der Waals surface area contributed by atoms with Gasteiger partial charge in [-0.25, -0.2) is 0 Å². The lowest BCUT2D eigenvalue weighted by Crippen LogP contribution is -2.33. The van der Waals surface area contributed by atoms with Crippen LogP contribution in [0.1, 0.15) is 39.5 Å². The molecule has 1 aliphatic heterocycles. The van der Waals surface area contributed by atoms with Gasteiger partial charge in [-0.3, -0.25) is 4.79 Å². The number of carboxylic acids is 1. The Labute approximate surface area is 110 Å². The summed E-state index contributed by atoms with van der Waals surface area (Å²) in [6, 6.07) is 0. The zero-order chi connectivity index (χ0) is 12.8. The molecular weight excluding hydrogens is 234 g/mol. The van der Waals surface area contributed by atoms with Crippen molar-refractivity contribution in [2.75, 3.05) is 13.1 Å². The zero-order valence-corrected chi connectivity index (χ0v) is 11.7. The minimum atomic E-state index is -0.677. The number of piperidine rings is 1. The summed E-state index contributed by atoms with van der Waals surface area (Å²) < 4.78 is 0. The number of thiol groups is 1. The summed E-state index contributed by atoms with van der Waals surface area (Å²) in [7, 11) is 0. The van der Waals surface area contributed by atoms with E-state index in [0.717, 1.165) is 38.8 Å². The molecule has 1 saturated heterocycles. The molecule has 0 bridgehead atoms. The number of carboxylic acid groups (broad SMARTS) is 1. The highest BCUT2D eigenvalue weighted by molar-refractivity contribution is 7.81. The Morgan fingerprint density at radius 3 is 2.47 bits per heavy atom. The third kappa shape index (κ3) is 5.30. The van der Waals surface area contributed by atoms with E-state index in [1.165, 1.54) is 0 Å². The quantitative estimate of drug-likeness (QED) is 0.642. The fraction of sp³-hybridized carbons (Fsp3) is 0.923. The predicted octanol–water partition coefficient (Wildman–Crippen LogP) is 2.42. The Morgan fingerprint density at radius 2 is 2.00 bits per heavy atom. The van der Waals surface area contributed by atoms with Crippen molar-refractivity contribution in [1.82, 2.24) is 5.32 Å². The van der Waals surface area contributed by atoms with E-state index in [1.54, 1.807) is 0 Å². The smallest absolute Gasteiger partial charge is 0.307 e. The van der Waals surface area contributed by atoms with Crippen LogP contribution < -0.4 is 5.32 Å². The Balaban J connectivity index is 2.49. The van der Waals surface area contributed by atoms with Gasteiger partial charge in [0.25, 0.3) is 0 Å². The van der Waals surface area contributed by atoms with E-state index in [-0.39, 0.29) is 11.2 Å². The molecule has 2 N–H and O–H groups in total. The number of hydrogen-bond acceptors (Lipinski definition) is 3. The molecule has 1 heterocycles. The summed E-state index contributed by atoms with van der Waals surface area (Å²) in [4.78, 5) is 11.3. The first-order valence-corrected chi connectivity index (χ1v) is 7.14. The molecule has 0 amide bonds. The van der Waals surface area contributed by atoms with E-state index in [9.17, 15) is 9.90 Å². The molecule has 4 heteroatoms. The van der Waals surface area contributed by atoms with Crippen LogP contribution in [0.25, 0.3) is 0 Å². The maximum absolute atomic E-state index is 11.3. The van der Waals surface area contributed by atoms with Crippen LogP contribution in [-0.2, 0) is 4.79 Å². The van der Waals surface area contributed by atoms with E-state index in [2.05, 4.69) is 31.8 Å². The van der Waals surface area contributed by atoms with Gasteiger partial charge in [-0.05, 0) is 50.6 Å². The molecule has 0 spiro atoms. The summed E-state index contributed by atoms with van der Waals surface area (Å²) in [6.07, 6.45) is 3.88. The Kier molecular flexibility index (Phi) is 6.34. The highest BCUT2D eigenvalue weighted by Crippen LogP contribution is 2.28. The average molecular weight is 259 g/mol. The summed E-state index contributed by atoms with van der Waals surface area (Å²) in [5.41, 5.74) is 0. The third-order valence-electron chi connectivity index (χ3n) is 3.54. The highest BCUT2D eigenvalue weighted by atomic mass is 32.1. The molecule has 0 saturated carbocycles. The second-order valence-electron chi connectivity index (χ2n) is 5.57. The van der Waals surface area contributed by atoms with Crippen molar-refractivity contribution in [2.45, 2.75) is 44.8 Å². The monoisotopic (exact) mass is 259 g/mol. The second kappa shape index (κ2) is 7.27. The molecule has 1 aliphatic rings. The number of rotatable bonds is 6. The van der Waals surface area contributed by atoms with E-state index in [0.29, 0.717) is 11.8 Å². The zero-order valence-electron chi connectivity index (χ0n) is 10.9. The highest BCUT2D eigenvalue weighted by Gasteiger charge is 2.29. The van der Waals surface area contributed by atoms with E-state index in [1.807, 2.05) is 0 Å². The maximum atomic E-state index is 11.3. The number of aliphatic carboxylic acids is 1. The molecule has 0 aromatic heterocycles. The molecule has 3 nitrogen and oxygen atoms in total. The van der Waals surface area contributed by atoms with Crippen LogP contribution in [0.2, 0.25) is 0 Å². The van der Waals surface area contributed by atoms with Crippen molar-refractivity contribution in [3.63, 3.8) is 0 Å². The molecule has 1 rings (SSSR count). The average Bonchev–Trinajstić information content (AvgIpc) is 2.25. The number of carbonyl (C=O) groups is 1. The molecule has 1 fully saturated rings. The molecule has 0 aromatic rings. The van der Waals surface area contributed by atoms with Crippen molar-refractivity contribution in [2.24, 2.45) is 17.8 Å². The largest absolute Gasteiger partial charge is 0.481 e. The van der Waals surface area contributed by atoms with Gasteiger partial charge in [0, 0.05) is 5.25 Å². The van der Waals surface area contributed by atoms with Gasteiger partial charge in [-0.2, -0.15) is 12.6 Å². The molecular formula is C13H25NO2S. The van der Waals surface area contributed by atoms with Crippen molar-refractivity contribution in [3.05, 3.63) is 0 Å². The summed E-state index contributed by atoms with van der Waals surface area (Å²) in [6.45, 7) is 6.29. The molecule has 0 radical (unpaired) electrons. The Morgan fingerprint density at radius 1 is 1.41 bits per heavy atom. The molecule has 0 aliphatic carbocycles. The van der Waals surface area contributed by atoms with Gasteiger partial charge in [0.2, 0.25) is 0 Å². The molecule has 2 atom stereocenters. The summed E-state index contributed by atoms with van der Waals surface area (Å²) >= 11 is 4.51. The minimum absolute atomic E-state index is 0.0117. The maximum Gasteiger partial charge on any atom is 0.307 e. The topological polar surface area (TPSA) is 49.3 Å². The van der Waals surface area contributed by atoms with Crippen molar-refractivity contribution >= 4 is 18.6 Å². The van der Waals surface area contributed by atoms with Gasteiger partial charge in [0.1, 0.15) is 0 Å². The van der Waals surface area contributed by atoms with Gasteiger partial charge in [0.15, 0.2) is 0 Å². The van der Waals surface area contributed by atoms with E-state index in [4.69, 9.17) is 0 Å². The Hall–Kier alpha value is -0.220. The van der Waals surface area contributed by atoms with Gasteiger partial charge < -0.3 is 10.4 Å². The van der Waals surface area contributed by atoms with Crippen LogP contribution in [0.4, 0.5) is 0 Å². The third-order valence-corrected chi connectivity index (χ3v) is 4.11. The fourth-order valence-corrected chi connectivity index (χ4v) is 3.22. The van der Waals surface area contributed by atoms with Crippen molar-refractivity contribution in [1.29, 1.82) is 0 Å². The molecule has 2 unspecified atom stereocenters. The molecule has 17 heavy (non-hydrogen) atoms. The predicted molar refractivity (Wildman–Crippen MR) is 73.6 cm³/mol. The summed E-state index contributed by atoms with van der Waals surface area (Å²) in [5, 5.41) is 12.6. The van der Waals surface area contributed by atoms with Gasteiger partial charge >= 0.3 is 5.97 Å². The second-order valence-corrected chi connectivity index (χ2v) is 6.23. The minimum Gasteiger partial charge on any atom is -0.481 e. The lowest BCUT2D eigenvalue weighted by atomic mass is 9.84. The summed E-state index contributed by atoms with van der Waals surface area (Å²) in [5.74, 6) is 0.0968. The van der Waals surface area contributed by atoms with E-state index < -0.39 is 5.97 Å².